The predicted octanol–water partition coefficient (Wildman–Crippen LogP) is 4.28. The summed E-state index contributed by atoms with van der Waals surface area (Å²) in [7, 11) is 0. The van der Waals surface area contributed by atoms with Gasteiger partial charge < -0.3 is 10.0 Å². The zero-order valence-electron chi connectivity index (χ0n) is 11.7. The summed E-state index contributed by atoms with van der Waals surface area (Å²) in [4.78, 5) is 3.97. The first kappa shape index (κ1) is 12.3. The molecule has 1 aliphatic heterocycles. The molecule has 2 aliphatic rings. The highest BCUT2D eigenvalue weighted by Crippen LogP contribution is 2.48. The minimum atomic E-state index is 0.404. The molecular formula is C17H19NOS. The molecule has 1 N–H and O–H groups in total. The summed E-state index contributed by atoms with van der Waals surface area (Å²) in [6.45, 7) is 3.33. The molecule has 2 unspecified atom stereocenters. The Hall–Kier alpha value is -1.48. The fourth-order valence-corrected chi connectivity index (χ4v) is 4.80. The van der Waals surface area contributed by atoms with Crippen molar-refractivity contribution in [2.45, 2.75) is 32.2 Å². The molecule has 20 heavy (non-hydrogen) atoms. The maximum atomic E-state index is 9.70. The van der Waals surface area contributed by atoms with Crippen LogP contribution in [-0.4, -0.2) is 11.7 Å². The van der Waals surface area contributed by atoms with Crippen LogP contribution in [0.15, 0.2) is 30.3 Å². The third-order valence-electron chi connectivity index (χ3n) is 4.69. The number of nitrogens with zero attached hydrogens (tertiary/aromatic N) is 1. The van der Waals surface area contributed by atoms with Gasteiger partial charge in [0, 0.05) is 11.4 Å². The molecule has 0 amide bonds. The maximum absolute atomic E-state index is 9.70. The van der Waals surface area contributed by atoms with Crippen LogP contribution < -0.4 is 4.90 Å². The third-order valence-corrected chi connectivity index (χ3v) is 5.73. The number of phenolic OH excluding ortho intramolecular Hbond substituents is 1. The minimum absolute atomic E-state index is 0.404. The lowest BCUT2D eigenvalue weighted by molar-refractivity contribution is 0.352. The van der Waals surface area contributed by atoms with E-state index in [0.29, 0.717) is 17.7 Å². The number of rotatable bonds is 1. The highest BCUT2D eigenvalue weighted by atomic mass is 32.1. The Morgan fingerprint density at radius 3 is 2.95 bits per heavy atom. The molecule has 1 saturated heterocycles. The van der Waals surface area contributed by atoms with Crippen molar-refractivity contribution in [3.8, 4) is 5.75 Å². The average molecular weight is 285 g/mol. The predicted molar refractivity (Wildman–Crippen MR) is 83.7 cm³/mol. The zero-order valence-corrected chi connectivity index (χ0v) is 12.5. The van der Waals surface area contributed by atoms with E-state index in [9.17, 15) is 5.11 Å². The quantitative estimate of drug-likeness (QED) is 0.845. The summed E-state index contributed by atoms with van der Waals surface area (Å²) in [6, 6.07) is 10.9. The lowest BCUT2D eigenvalue weighted by Gasteiger charge is -2.39. The summed E-state index contributed by atoms with van der Waals surface area (Å²) in [5, 5.41) is 11.1. The molecule has 2 heterocycles. The zero-order chi connectivity index (χ0) is 13.7. The fourth-order valence-electron chi connectivity index (χ4n) is 3.87. The van der Waals surface area contributed by atoms with Gasteiger partial charge in [-0.25, -0.2) is 0 Å². The van der Waals surface area contributed by atoms with Gasteiger partial charge in [-0.05, 0) is 67.5 Å². The van der Waals surface area contributed by atoms with E-state index in [1.165, 1.54) is 33.8 Å². The van der Waals surface area contributed by atoms with Gasteiger partial charge in [0.2, 0.25) is 0 Å². The lowest BCUT2D eigenvalue weighted by Crippen LogP contribution is -2.36. The van der Waals surface area contributed by atoms with E-state index in [2.05, 4.69) is 30.0 Å². The lowest BCUT2D eigenvalue weighted by atomic mass is 9.90. The Kier molecular flexibility index (Phi) is 2.77. The van der Waals surface area contributed by atoms with Crippen molar-refractivity contribution in [2.75, 3.05) is 11.4 Å². The smallest absolute Gasteiger partial charge is 0.115 e. The monoisotopic (exact) mass is 285 g/mol. The largest absolute Gasteiger partial charge is 0.508 e. The number of thiophene rings is 1. The van der Waals surface area contributed by atoms with Crippen LogP contribution in [0.4, 0.5) is 5.00 Å². The highest BCUT2D eigenvalue weighted by Gasteiger charge is 2.39. The van der Waals surface area contributed by atoms with Crippen molar-refractivity contribution in [3.63, 3.8) is 0 Å². The van der Waals surface area contributed by atoms with Crippen molar-refractivity contribution in [2.24, 2.45) is 5.92 Å². The van der Waals surface area contributed by atoms with E-state index < -0.39 is 0 Å². The van der Waals surface area contributed by atoms with E-state index >= 15 is 0 Å². The van der Waals surface area contributed by atoms with Crippen molar-refractivity contribution in [1.82, 2.24) is 0 Å². The summed E-state index contributed by atoms with van der Waals surface area (Å²) in [5.41, 5.74) is 2.78. The van der Waals surface area contributed by atoms with Crippen LogP contribution in [0.3, 0.4) is 0 Å². The number of benzene rings is 1. The van der Waals surface area contributed by atoms with Crippen molar-refractivity contribution < 1.29 is 5.11 Å². The Bertz CT molecular complexity index is 648. The molecule has 1 aliphatic carbocycles. The normalized spacial score (nSPS) is 24.6. The van der Waals surface area contributed by atoms with Crippen LogP contribution in [-0.2, 0) is 6.42 Å². The van der Waals surface area contributed by atoms with Crippen molar-refractivity contribution in [3.05, 3.63) is 46.3 Å². The minimum Gasteiger partial charge on any atom is -0.508 e. The van der Waals surface area contributed by atoms with E-state index in [4.69, 9.17) is 0 Å². The van der Waals surface area contributed by atoms with Crippen LogP contribution in [0.25, 0.3) is 0 Å². The first-order valence-electron chi connectivity index (χ1n) is 7.37. The first-order chi connectivity index (χ1) is 9.72. The molecular weight excluding hydrogens is 266 g/mol. The second-order valence-corrected chi connectivity index (χ2v) is 7.28. The van der Waals surface area contributed by atoms with E-state index in [1.54, 1.807) is 0 Å². The Morgan fingerprint density at radius 1 is 1.25 bits per heavy atom. The first-order valence-corrected chi connectivity index (χ1v) is 8.19. The number of hydrogen-bond acceptors (Lipinski definition) is 3. The number of piperidine rings is 1. The summed E-state index contributed by atoms with van der Waals surface area (Å²) in [6.07, 6.45) is 3.70. The summed E-state index contributed by atoms with van der Waals surface area (Å²) >= 11 is 1.90. The molecule has 2 atom stereocenters. The second kappa shape index (κ2) is 4.52. The van der Waals surface area contributed by atoms with Gasteiger partial charge in [-0.2, -0.15) is 0 Å². The molecule has 0 bridgehead atoms. The molecule has 1 aromatic heterocycles. The molecule has 104 valence electrons. The molecule has 1 fully saturated rings. The second-order valence-electron chi connectivity index (χ2n) is 6.01. The Labute approximate surface area is 123 Å². The molecule has 3 heteroatoms. The van der Waals surface area contributed by atoms with Crippen molar-refractivity contribution in [1.29, 1.82) is 0 Å². The molecule has 1 aromatic carbocycles. The third kappa shape index (κ3) is 1.84. The average Bonchev–Trinajstić information content (AvgIpc) is 3.01. The van der Waals surface area contributed by atoms with Crippen LogP contribution >= 0.6 is 11.3 Å². The maximum Gasteiger partial charge on any atom is 0.115 e. The van der Waals surface area contributed by atoms with Crippen LogP contribution in [0.2, 0.25) is 0 Å². The van der Waals surface area contributed by atoms with Gasteiger partial charge in [0.15, 0.2) is 0 Å². The number of hydrogen-bond donors (Lipinski definition) is 1. The molecule has 4 rings (SSSR count). The van der Waals surface area contributed by atoms with Gasteiger partial charge in [-0.1, -0.05) is 6.07 Å². The number of anilines is 1. The fraction of sp³-hybridized carbons (Fsp3) is 0.412. The number of aryl methyl sites for hydroxylation is 1. The van der Waals surface area contributed by atoms with E-state index in [0.717, 1.165) is 13.0 Å². The molecule has 2 aromatic rings. The molecule has 0 spiro atoms. The summed E-state index contributed by atoms with van der Waals surface area (Å²) < 4.78 is 0. The van der Waals surface area contributed by atoms with Crippen LogP contribution in [0.1, 0.15) is 34.9 Å². The van der Waals surface area contributed by atoms with E-state index in [1.807, 2.05) is 23.5 Å². The van der Waals surface area contributed by atoms with Gasteiger partial charge in [-0.3, -0.25) is 0 Å². The molecule has 2 nitrogen and oxygen atoms in total. The summed E-state index contributed by atoms with van der Waals surface area (Å²) in [5.74, 6) is 1.11. The molecule has 0 saturated carbocycles. The molecule has 0 radical (unpaired) electrons. The number of phenols is 1. The standard InChI is InChI=1S/C17H19NOS/c1-11-4-7-16(20-11)18-8-2-3-12-9-13-10-14(19)5-6-15(13)17(12)18/h4-7,10,12,17,19H,2-3,8-9H2,1H3. The van der Waals surface area contributed by atoms with Crippen LogP contribution in [0, 0.1) is 12.8 Å². The van der Waals surface area contributed by atoms with Gasteiger partial charge in [0.05, 0.1) is 11.0 Å². The van der Waals surface area contributed by atoms with Gasteiger partial charge >= 0.3 is 0 Å². The van der Waals surface area contributed by atoms with Gasteiger partial charge in [0.25, 0.3) is 0 Å². The number of aromatic hydroxyl groups is 1. The van der Waals surface area contributed by atoms with Gasteiger partial charge in [0.1, 0.15) is 5.75 Å². The van der Waals surface area contributed by atoms with E-state index in [-0.39, 0.29) is 0 Å². The number of fused-ring (bicyclic) bond motifs is 3. The van der Waals surface area contributed by atoms with Crippen molar-refractivity contribution >= 4 is 16.3 Å². The topological polar surface area (TPSA) is 23.5 Å². The Morgan fingerprint density at radius 2 is 2.15 bits per heavy atom. The van der Waals surface area contributed by atoms with Crippen LogP contribution in [0.5, 0.6) is 5.75 Å². The Balaban J connectivity index is 1.76. The highest BCUT2D eigenvalue weighted by molar-refractivity contribution is 7.16. The SMILES string of the molecule is Cc1ccc(N2CCCC3Cc4cc(O)ccc4C32)s1. The van der Waals surface area contributed by atoms with Gasteiger partial charge in [-0.15, -0.1) is 11.3 Å².